The van der Waals surface area contributed by atoms with Crippen LogP contribution in [-0.2, 0) is 4.79 Å². The summed E-state index contributed by atoms with van der Waals surface area (Å²) in [4.78, 5) is 39.9. The first-order valence-corrected chi connectivity index (χ1v) is 11.7. The molecule has 1 aliphatic heterocycles. The smallest absolute Gasteiger partial charge is 0.314 e. The summed E-state index contributed by atoms with van der Waals surface area (Å²) in [7, 11) is 0. The molecule has 0 radical (unpaired) electrons. The molecule has 6 nitrogen and oxygen atoms in total. The number of amides is 4. The Morgan fingerprint density at radius 1 is 1.09 bits per heavy atom. The number of alkyl halides is 3. The van der Waals surface area contributed by atoms with Crippen LogP contribution in [0.1, 0.15) is 62.2 Å². The van der Waals surface area contributed by atoms with Crippen molar-refractivity contribution in [3.8, 4) is 0 Å². The van der Waals surface area contributed by atoms with Crippen LogP contribution in [0.3, 0.4) is 0 Å². The van der Waals surface area contributed by atoms with Gasteiger partial charge in [-0.05, 0) is 80.2 Å². The van der Waals surface area contributed by atoms with Crippen LogP contribution in [-0.4, -0.2) is 40.6 Å². The molecule has 1 aromatic rings. The molecule has 4 bridgehead atoms. The van der Waals surface area contributed by atoms with Crippen molar-refractivity contribution >= 4 is 17.8 Å². The minimum atomic E-state index is -5.21. The number of carbonyl (C=O) groups is 3. The van der Waals surface area contributed by atoms with Gasteiger partial charge in [-0.1, -0.05) is 25.1 Å². The summed E-state index contributed by atoms with van der Waals surface area (Å²) in [5, 5.41) is 3.66. The van der Waals surface area contributed by atoms with Gasteiger partial charge in [-0.15, -0.1) is 0 Å². The van der Waals surface area contributed by atoms with Crippen LogP contribution in [0.4, 0.5) is 18.0 Å². The minimum Gasteiger partial charge on any atom is -0.314 e. The highest BCUT2D eigenvalue weighted by Crippen LogP contribution is 2.62. The number of rotatable bonds is 5. The van der Waals surface area contributed by atoms with E-state index >= 15 is 0 Å². The van der Waals surface area contributed by atoms with Gasteiger partial charge in [0.2, 0.25) is 0 Å². The maximum atomic E-state index is 14.3. The van der Waals surface area contributed by atoms with Gasteiger partial charge in [0.15, 0.2) is 0 Å². The number of nitrogens with one attached hydrogen (secondary N) is 2. The van der Waals surface area contributed by atoms with Crippen molar-refractivity contribution in [1.82, 2.24) is 15.5 Å². The highest BCUT2D eigenvalue weighted by molar-refractivity contribution is 6.10. The van der Waals surface area contributed by atoms with Crippen LogP contribution < -0.4 is 10.6 Å². The average Bonchev–Trinajstić information content (AvgIpc) is 2.99. The topological polar surface area (TPSA) is 78.5 Å². The Bertz CT molecular complexity index is 945. The molecule has 4 saturated carbocycles. The minimum absolute atomic E-state index is 0.0326. The van der Waals surface area contributed by atoms with Gasteiger partial charge in [-0.25, -0.2) is 4.79 Å². The summed E-state index contributed by atoms with van der Waals surface area (Å²) >= 11 is 0. The SMILES string of the molecule is CC[C@H](N1C(=O)N[C@@](NC(=O)c2ccccc2)(C(F)(F)F)C1=O)C12CC3CC(CC(C3)C1)C2. The van der Waals surface area contributed by atoms with Gasteiger partial charge in [0.1, 0.15) is 0 Å². The predicted octanol–water partition coefficient (Wildman–Crippen LogP) is 4.22. The zero-order valence-electron chi connectivity index (χ0n) is 18.5. The average molecular weight is 464 g/mol. The van der Waals surface area contributed by atoms with Gasteiger partial charge in [0.05, 0.1) is 0 Å². The Kier molecular flexibility index (Phi) is 5.03. The summed E-state index contributed by atoms with van der Waals surface area (Å²) in [6, 6.07) is 5.63. The third kappa shape index (κ3) is 3.34. The van der Waals surface area contributed by atoms with E-state index in [1.807, 2.05) is 17.6 Å². The zero-order valence-corrected chi connectivity index (χ0v) is 18.5. The fourth-order valence-electron chi connectivity index (χ4n) is 7.48. The second-order valence-electron chi connectivity index (χ2n) is 10.4. The summed E-state index contributed by atoms with van der Waals surface area (Å²) in [6.07, 6.45) is 1.09. The van der Waals surface area contributed by atoms with E-state index in [0.717, 1.165) is 43.4 Å². The van der Waals surface area contributed by atoms with Gasteiger partial charge < -0.3 is 5.32 Å². The Labute approximate surface area is 190 Å². The number of urea groups is 1. The molecule has 2 atom stereocenters. The zero-order chi connectivity index (χ0) is 23.6. The van der Waals surface area contributed by atoms with Gasteiger partial charge in [-0.3, -0.25) is 19.8 Å². The first kappa shape index (κ1) is 22.2. The highest BCUT2D eigenvalue weighted by Gasteiger charge is 2.71. The van der Waals surface area contributed by atoms with E-state index in [-0.39, 0.29) is 11.0 Å². The van der Waals surface area contributed by atoms with Gasteiger partial charge in [0.25, 0.3) is 17.5 Å². The molecule has 4 aliphatic carbocycles. The third-order valence-corrected chi connectivity index (χ3v) is 8.31. The lowest BCUT2D eigenvalue weighted by molar-refractivity contribution is -0.202. The summed E-state index contributed by atoms with van der Waals surface area (Å²) in [6.45, 7) is 1.82. The van der Waals surface area contributed by atoms with Crippen LogP contribution in [0.5, 0.6) is 0 Å². The van der Waals surface area contributed by atoms with Crippen molar-refractivity contribution in [2.45, 2.75) is 69.8 Å². The molecule has 1 heterocycles. The van der Waals surface area contributed by atoms with E-state index in [0.29, 0.717) is 24.2 Å². The number of halogens is 3. The number of hydrogen-bond acceptors (Lipinski definition) is 3. The molecule has 6 rings (SSSR count). The summed E-state index contributed by atoms with van der Waals surface area (Å²) in [5.74, 6) is -0.984. The van der Waals surface area contributed by atoms with Gasteiger partial charge in [0, 0.05) is 11.6 Å². The van der Waals surface area contributed by atoms with Crippen molar-refractivity contribution in [3.05, 3.63) is 35.9 Å². The quantitative estimate of drug-likeness (QED) is 0.642. The molecule has 9 heteroatoms. The largest absolute Gasteiger partial charge is 0.440 e. The lowest BCUT2D eigenvalue weighted by Gasteiger charge is -2.60. The first-order chi connectivity index (χ1) is 15.6. The molecule has 5 fully saturated rings. The van der Waals surface area contributed by atoms with E-state index in [9.17, 15) is 27.6 Å². The maximum absolute atomic E-state index is 14.3. The fraction of sp³-hybridized carbons (Fsp3) is 0.625. The van der Waals surface area contributed by atoms with Crippen molar-refractivity contribution < 1.29 is 27.6 Å². The molecule has 4 amide bonds. The molecular formula is C24H28F3N3O3. The molecule has 1 aromatic carbocycles. The Hall–Kier alpha value is -2.58. The molecule has 0 spiro atoms. The van der Waals surface area contributed by atoms with E-state index in [2.05, 4.69) is 0 Å². The standard InChI is InChI=1S/C24H28F3N3O3/c1-2-18(22-11-14-8-15(12-22)10-16(9-14)13-22)30-20(32)23(24(25,26)27,29-21(30)33)28-19(31)17-6-4-3-5-7-17/h3-7,14-16,18H,2,8-13H2,1H3,(H,28,31)(H,29,33)/t14?,15?,16?,18-,22?,23+/m0/s1. The summed E-state index contributed by atoms with van der Waals surface area (Å²) < 4.78 is 43.0. The van der Waals surface area contributed by atoms with E-state index < -0.39 is 35.7 Å². The van der Waals surface area contributed by atoms with E-state index in [1.165, 1.54) is 24.3 Å². The monoisotopic (exact) mass is 463 g/mol. The number of hydrogen-bond donors (Lipinski definition) is 2. The third-order valence-electron chi connectivity index (χ3n) is 8.31. The van der Waals surface area contributed by atoms with Crippen molar-refractivity contribution in [2.75, 3.05) is 0 Å². The van der Waals surface area contributed by atoms with Crippen LogP contribution >= 0.6 is 0 Å². The highest BCUT2D eigenvalue weighted by atomic mass is 19.4. The number of benzene rings is 1. The van der Waals surface area contributed by atoms with Gasteiger partial charge >= 0.3 is 12.2 Å². The van der Waals surface area contributed by atoms with Crippen molar-refractivity contribution in [2.24, 2.45) is 23.2 Å². The van der Waals surface area contributed by atoms with E-state index in [1.54, 1.807) is 6.07 Å². The lowest BCUT2D eigenvalue weighted by Crippen LogP contribution is -2.70. The molecule has 0 unspecified atom stereocenters. The Balaban J connectivity index is 1.49. The maximum Gasteiger partial charge on any atom is 0.440 e. The van der Waals surface area contributed by atoms with Crippen molar-refractivity contribution in [1.29, 1.82) is 0 Å². The Morgan fingerprint density at radius 3 is 2.12 bits per heavy atom. The van der Waals surface area contributed by atoms with E-state index in [4.69, 9.17) is 0 Å². The second kappa shape index (κ2) is 7.46. The molecule has 33 heavy (non-hydrogen) atoms. The van der Waals surface area contributed by atoms with Crippen LogP contribution in [0, 0.1) is 23.2 Å². The molecule has 5 aliphatic rings. The normalized spacial score (nSPS) is 36.1. The summed E-state index contributed by atoms with van der Waals surface area (Å²) in [5.41, 5.74) is -3.86. The number of carbonyl (C=O) groups excluding carboxylic acids is 3. The molecule has 1 saturated heterocycles. The van der Waals surface area contributed by atoms with Crippen LogP contribution in [0.25, 0.3) is 0 Å². The molecule has 2 N–H and O–H groups in total. The lowest BCUT2D eigenvalue weighted by atomic mass is 9.47. The van der Waals surface area contributed by atoms with Crippen molar-refractivity contribution in [3.63, 3.8) is 0 Å². The number of imide groups is 1. The predicted molar refractivity (Wildman–Crippen MR) is 113 cm³/mol. The van der Waals surface area contributed by atoms with Crippen LogP contribution in [0.15, 0.2) is 30.3 Å². The first-order valence-electron chi connectivity index (χ1n) is 11.7. The Morgan fingerprint density at radius 2 is 1.64 bits per heavy atom. The number of nitrogens with zero attached hydrogens (tertiary/aromatic N) is 1. The van der Waals surface area contributed by atoms with Crippen LogP contribution in [0.2, 0.25) is 0 Å². The second-order valence-corrected chi connectivity index (χ2v) is 10.4. The molecule has 178 valence electrons. The molecular weight excluding hydrogens is 435 g/mol. The fourth-order valence-corrected chi connectivity index (χ4v) is 7.48. The van der Waals surface area contributed by atoms with Gasteiger partial charge in [-0.2, -0.15) is 13.2 Å². The molecule has 0 aromatic heterocycles.